The first-order chi connectivity index (χ1) is 13.4. The van der Waals surface area contributed by atoms with Crippen LogP contribution in [0.5, 0.6) is 17.2 Å². The zero-order valence-electron chi connectivity index (χ0n) is 15.4. The summed E-state index contributed by atoms with van der Waals surface area (Å²) >= 11 is 0. The molecule has 0 aliphatic rings. The molecule has 0 aliphatic carbocycles. The molecule has 0 radical (unpaired) electrons. The Morgan fingerprint density at radius 2 is 1.61 bits per heavy atom. The van der Waals surface area contributed by atoms with Gasteiger partial charge in [0.2, 0.25) is 0 Å². The third-order valence-corrected chi connectivity index (χ3v) is 3.63. The number of carbonyl (C=O) groups excluding carboxylic acids is 2. The fourth-order valence-electron chi connectivity index (χ4n) is 2.26. The molecule has 1 amide bonds. The zero-order valence-corrected chi connectivity index (χ0v) is 15.4. The molecule has 28 heavy (non-hydrogen) atoms. The molecular weight excluding hydrogens is 372 g/mol. The van der Waals surface area contributed by atoms with Crippen LogP contribution in [-0.4, -0.2) is 44.7 Å². The van der Waals surface area contributed by atoms with Crippen LogP contribution in [0.1, 0.15) is 10.4 Å². The molecule has 10 nitrogen and oxygen atoms in total. The van der Waals surface area contributed by atoms with Crippen LogP contribution in [0.4, 0.5) is 11.4 Å². The van der Waals surface area contributed by atoms with Gasteiger partial charge in [-0.2, -0.15) is 0 Å². The summed E-state index contributed by atoms with van der Waals surface area (Å²) < 4.78 is 19.9. The van der Waals surface area contributed by atoms with Gasteiger partial charge in [-0.05, 0) is 24.3 Å². The number of nitro benzene ring substituents is 1. The highest BCUT2D eigenvalue weighted by molar-refractivity contribution is 5.98. The second-order valence-corrected chi connectivity index (χ2v) is 5.33. The first kappa shape index (κ1) is 20.5. The van der Waals surface area contributed by atoms with Gasteiger partial charge in [-0.25, -0.2) is 4.79 Å². The van der Waals surface area contributed by atoms with Gasteiger partial charge in [-0.3, -0.25) is 14.9 Å². The molecule has 0 fully saturated rings. The number of esters is 1. The Morgan fingerprint density at radius 3 is 2.14 bits per heavy atom. The van der Waals surface area contributed by atoms with Gasteiger partial charge in [0.05, 0.1) is 32.3 Å². The fraction of sp³-hybridized carbons (Fsp3) is 0.222. The summed E-state index contributed by atoms with van der Waals surface area (Å²) in [5, 5.41) is 13.8. The Labute approximate surface area is 160 Å². The lowest BCUT2D eigenvalue weighted by molar-refractivity contribution is -0.385. The van der Waals surface area contributed by atoms with Crippen LogP contribution < -0.4 is 19.5 Å². The second kappa shape index (κ2) is 9.21. The molecule has 2 aromatic carbocycles. The van der Waals surface area contributed by atoms with Crippen molar-refractivity contribution >= 4 is 23.3 Å². The maximum atomic E-state index is 12.3. The summed E-state index contributed by atoms with van der Waals surface area (Å²) in [6.45, 7) is -0.629. The van der Waals surface area contributed by atoms with Crippen LogP contribution in [-0.2, 0) is 9.53 Å². The fourth-order valence-corrected chi connectivity index (χ4v) is 2.26. The van der Waals surface area contributed by atoms with Crippen LogP contribution in [0.3, 0.4) is 0 Å². The molecule has 2 rings (SSSR count). The minimum atomic E-state index is -1.04. The quantitative estimate of drug-likeness (QED) is 0.414. The summed E-state index contributed by atoms with van der Waals surface area (Å²) in [5.74, 6) is -0.838. The first-order valence-corrected chi connectivity index (χ1v) is 7.91. The van der Waals surface area contributed by atoms with Crippen molar-refractivity contribution in [1.29, 1.82) is 0 Å². The van der Waals surface area contributed by atoms with E-state index < -0.39 is 29.1 Å². The van der Waals surface area contributed by atoms with E-state index in [4.69, 9.17) is 18.9 Å². The number of nitrogens with one attached hydrogen (secondary N) is 1. The van der Waals surface area contributed by atoms with E-state index >= 15 is 0 Å². The molecule has 10 heteroatoms. The number of ether oxygens (including phenoxy) is 4. The van der Waals surface area contributed by atoms with E-state index in [-0.39, 0.29) is 17.1 Å². The van der Waals surface area contributed by atoms with Crippen molar-refractivity contribution in [2.75, 3.05) is 33.3 Å². The van der Waals surface area contributed by atoms with Crippen molar-refractivity contribution in [3.05, 3.63) is 52.1 Å². The summed E-state index contributed by atoms with van der Waals surface area (Å²) in [7, 11) is 4.14. The predicted molar refractivity (Wildman–Crippen MR) is 98.1 cm³/mol. The van der Waals surface area contributed by atoms with Crippen molar-refractivity contribution in [3.8, 4) is 17.2 Å². The average Bonchev–Trinajstić information content (AvgIpc) is 2.71. The van der Waals surface area contributed by atoms with Gasteiger partial charge in [0.1, 0.15) is 11.3 Å². The number of hydrogen-bond donors (Lipinski definition) is 1. The highest BCUT2D eigenvalue weighted by Crippen LogP contribution is 2.34. The van der Waals surface area contributed by atoms with E-state index in [2.05, 4.69) is 5.32 Å². The summed E-state index contributed by atoms with van der Waals surface area (Å²) in [6, 6.07) is 8.69. The van der Waals surface area contributed by atoms with E-state index in [1.807, 2.05) is 0 Å². The van der Waals surface area contributed by atoms with Gasteiger partial charge >= 0.3 is 5.97 Å². The lowest BCUT2D eigenvalue weighted by atomic mass is 10.1. The smallest absolute Gasteiger partial charge is 0.345 e. The lowest BCUT2D eigenvalue weighted by Crippen LogP contribution is -2.21. The normalized spacial score (nSPS) is 9.96. The van der Waals surface area contributed by atoms with Gasteiger partial charge in [0.25, 0.3) is 11.6 Å². The minimum absolute atomic E-state index is 0.0861. The van der Waals surface area contributed by atoms with Gasteiger partial charge in [-0.1, -0.05) is 0 Å². The molecule has 0 spiro atoms. The van der Waals surface area contributed by atoms with E-state index in [1.54, 1.807) is 24.3 Å². The number of anilines is 1. The molecule has 0 saturated carbocycles. The first-order valence-electron chi connectivity index (χ1n) is 7.91. The third kappa shape index (κ3) is 4.87. The number of amides is 1. The Morgan fingerprint density at radius 1 is 1.00 bits per heavy atom. The Bertz CT molecular complexity index is 880. The van der Waals surface area contributed by atoms with Crippen LogP contribution in [0.15, 0.2) is 36.4 Å². The number of hydrogen-bond acceptors (Lipinski definition) is 8. The lowest BCUT2D eigenvalue weighted by Gasteiger charge is -2.11. The number of nitro groups is 1. The van der Waals surface area contributed by atoms with E-state index in [0.717, 1.165) is 12.1 Å². The van der Waals surface area contributed by atoms with Crippen molar-refractivity contribution in [1.82, 2.24) is 0 Å². The van der Waals surface area contributed by atoms with Crippen LogP contribution in [0.2, 0.25) is 0 Å². The average molecular weight is 390 g/mol. The maximum absolute atomic E-state index is 12.3. The monoisotopic (exact) mass is 390 g/mol. The van der Waals surface area contributed by atoms with Crippen LogP contribution >= 0.6 is 0 Å². The summed E-state index contributed by atoms with van der Waals surface area (Å²) in [5.41, 5.74) is -0.419. The summed E-state index contributed by atoms with van der Waals surface area (Å²) in [4.78, 5) is 34.7. The molecule has 0 saturated heterocycles. The van der Waals surface area contributed by atoms with Crippen LogP contribution in [0, 0.1) is 10.1 Å². The molecule has 2 aromatic rings. The Balaban J connectivity index is 2.09. The SMILES string of the molecule is COc1ccc(NC(=O)COC(=O)c2cc(OC)c(OC)cc2[N+](=O)[O-])cc1. The number of rotatable bonds is 8. The topological polar surface area (TPSA) is 126 Å². The standard InChI is InChI=1S/C18H18N2O8/c1-25-12-6-4-11(5-7-12)19-17(21)10-28-18(22)13-8-15(26-2)16(27-3)9-14(13)20(23)24/h4-9H,10H2,1-3H3,(H,19,21). The van der Waals surface area contributed by atoms with Gasteiger partial charge in [0, 0.05) is 11.8 Å². The number of nitrogens with zero attached hydrogens (tertiary/aromatic N) is 1. The highest BCUT2D eigenvalue weighted by atomic mass is 16.6. The molecule has 1 N–H and O–H groups in total. The zero-order chi connectivity index (χ0) is 20.7. The Kier molecular flexibility index (Phi) is 6.74. The molecule has 0 atom stereocenters. The van der Waals surface area contributed by atoms with Gasteiger partial charge in [-0.15, -0.1) is 0 Å². The highest BCUT2D eigenvalue weighted by Gasteiger charge is 2.26. The molecule has 0 unspecified atom stereocenters. The van der Waals surface area contributed by atoms with Crippen molar-refractivity contribution in [3.63, 3.8) is 0 Å². The van der Waals surface area contributed by atoms with E-state index in [1.165, 1.54) is 21.3 Å². The maximum Gasteiger partial charge on any atom is 0.345 e. The van der Waals surface area contributed by atoms with Gasteiger partial charge < -0.3 is 24.3 Å². The number of methoxy groups -OCH3 is 3. The molecule has 148 valence electrons. The minimum Gasteiger partial charge on any atom is -0.497 e. The number of carbonyl (C=O) groups is 2. The molecule has 0 heterocycles. The van der Waals surface area contributed by atoms with Gasteiger partial charge in [0.15, 0.2) is 18.1 Å². The van der Waals surface area contributed by atoms with Crippen molar-refractivity contribution < 1.29 is 33.5 Å². The second-order valence-electron chi connectivity index (χ2n) is 5.33. The molecule has 0 aliphatic heterocycles. The third-order valence-electron chi connectivity index (χ3n) is 3.63. The van der Waals surface area contributed by atoms with Crippen LogP contribution in [0.25, 0.3) is 0 Å². The molecule has 0 aromatic heterocycles. The largest absolute Gasteiger partial charge is 0.497 e. The Hall–Kier alpha value is -3.82. The summed E-state index contributed by atoms with van der Waals surface area (Å²) in [6.07, 6.45) is 0. The van der Waals surface area contributed by atoms with E-state index in [9.17, 15) is 19.7 Å². The molecule has 0 bridgehead atoms. The predicted octanol–water partition coefficient (Wildman–Crippen LogP) is 2.42. The molecular formula is C18H18N2O8. The van der Waals surface area contributed by atoms with E-state index in [0.29, 0.717) is 11.4 Å². The van der Waals surface area contributed by atoms with Crippen molar-refractivity contribution in [2.24, 2.45) is 0 Å². The number of benzene rings is 2. The van der Waals surface area contributed by atoms with Crippen molar-refractivity contribution in [2.45, 2.75) is 0 Å².